The van der Waals surface area contributed by atoms with Gasteiger partial charge in [-0.1, -0.05) is 31.4 Å². The lowest BCUT2D eigenvalue weighted by Crippen LogP contribution is -2.40. The van der Waals surface area contributed by atoms with Crippen molar-refractivity contribution in [2.24, 2.45) is 0 Å². The van der Waals surface area contributed by atoms with Gasteiger partial charge in [-0.15, -0.1) is 0 Å². The second kappa shape index (κ2) is 8.93. The van der Waals surface area contributed by atoms with E-state index in [1.807, 2.05) is 36.4 Å². The van der Waals surface area contributed by atoms with Crippen molar-refractivity contribution in [1.29, 1.82) is 0 Å². The highest BCUT2D eigenvalue weighted by Crippen LogP contribution is 2.43. The molecular formula is C27H29NO5. The van der Waals surface area contributed by atoms with Gasteiger partial charge in [-0.25, -0.2) is 0 Å². The van der Waals surface area contributed by atoms with Crippen LogP contribution in [0.2, 0.25) is 0 Å². The summed E-state index contributed by atoms with van der Waals surface area (Å²) in [4.78, 5) is 28.3. The lowest BCUT2D eigenvalue weighted by molar-refractivity contribution is -0.141. The summed E-state index contributed by atoms with van der Waals surface area (Å²) in [6.45, 7) is 0.683. The van der Waals surface area contributed by atoms with Crippen LogP contribution in [0.3, 0.4) is 0 Å². The molecule has 1 atom stereocenters. The molecule has 1 amide bonds. The standard InChI is InChI=1S/C27H29NO5/c1-32-21-12-9-17(10-13-21)24-23(26(30)27(31)28(24)20-7-3-2-4-8-20)25(29)19-11-14-22-18(16-19)6-5-15-33-22/h9-14,16,20,24,29H,2-8,15H2,1H3/b25-23-. The minimum absolute atomic E-state index is 0.00969. The number of carbonyl (C=O) groups excluding carboxylic acids is 2. The number of aliphatic hydroxyl groups is 1. The van der Waals surface area contributed by atoms with Gasteiger partial charge in [0.15, 0.2) is 0 Å². The first-order valence-electron chi connectivity index (χ1n) is 11.8. The second-order valence-corrected chi connectivity index (χ2v) is 9.05. The first kappa shape index (κ1) is 21.6. The van der Waals surface area contributed by atoms with Crippen molar-refractivity contribution in [3.8, 4) is 11.5 Å². The van der Waals surface area contributed by atoms with E-state index in [9.17, 15) is 14.7 Å². The molecule has 1 unspecified atom stereocenters. The van der Waals surface area contributed by atoms with Crippen LogP contribution in [0, 0.1) is 0 Å². The summed E-state index contributed by atoms with van der Waals surface area (Å²) in [5.41, 5.74) is 2.50. The zero-order valence-electron chi connectivity index (χ0n) is 18.9. The summed E-state index contributed by atoms with van der Waals surface area (Å²) < 4.78 is 11.0. The molecule has 0 radical (unpaired) electrons. The maximum absolute atomic E-state index is 13.3. The normalized spacial score (nSPS) is 22.7. The Bertz CT molecular complexity index is 1100. The van der Waals surface area contributed by atoms with Gasteiger partial charge in [-0.05, 0) is 67.1 Å². The van der Waals surface area contributed by atoms with E-state index in [0.29, 0.717) is 17.9 Å². The summed E-state index contributed by atoms with van der Waals surface area (Å²) in [5, 5.41) is 11.4. The highest BCUT2D eigenvalue weighted by Gasteiger charge is 2.48. The summed E-state index contributed by atoms with van der Waals surface area (Å²) >= 11 is 0. The predicted molar refractivity (Wildman–Crippen MR) is 124 cm³/mol. The Morgan fingerprint density at radius 3 is 2.52 bits per heavy atom. The van der Waals surface area contributed by atoms with Crippen LogP contribution in [-0.2, 0) is 16.0 Å². The number of fused-ring (bicyclic) bond motifs is 1. The minimum atomic E-state index is -0.619. The Hall–Kier alpha value is -3.28. The Labute approximate surface area is 193 Å². The van der Waals surface area contributed by atoms with Crippen molar-refractivity contribution in [3.05, 3.63) is 64.7 Å². The molecule has 2 aromatic rings. The number of carbonyl (C=O) groups is 2. The highest BCUT2D eigenvalue weighted by atomic mass is 16.5. The maximum Gasteiger partial charge on any atom is 0.295 e. The minimum Gasteiger partial charge on any atom is -0.507 e. The molecular weight excluding hydrogens is 418 g/mol. The summed E-state index contributed by atoms with van der Waals surface area (Å²) in [6.07, 6.45) is 6.72. The molecule has 3 aliphatic rings. The molecule has 1 aliphatic carbocycles. The number of aryl methyl sites for hydroxylation is 1. The van der Waals surface area contributed by atoms with Crippen molar-refractivity contribution in [2.45, 2.75) is 57.0 Å². The van der Waals surface area contributed by atoms with E-state index >= 15 is 0 Å². The van der Waals surface area contributed by atoms with E-state index in [-0.39, 0.29) is 17.4 Å². The number of nitrogens with zero attached hydrogens (tertiary/aromatic N) is 1. The van der Waals surface area contributed by atoms with Crippen LogP contribution < -0.4 is 9.47 Å². The zero-order valence-corrected chi connectivity index (χ0v) is 18.9. The smallest absolute Gasteiger partial charge is 0.295 e. The van der Waals surface area contributed by atoms with Crippen molar-refractivity contribution >= 4 is 17.4 Å². The van der Waals surface area contributed by atoms with Gasteiger partial charge in [0.2, 0.25) is 0 Å². The van der Waals surface area contributed by atoms with E-state index < -0.39 is 17.7 Å². The van der Waals surface area contributed by atoms with Gasteiger partial charge in [0.1, 0.15) is 17.3 Å². The second-order valence-electron chi connectivity index (χ2n) is 9.05. The number of hydrogen-bond acceptors (Lipinski definition) is 5. The number of rotatable bonds is 4. The number of Topliss-reactive ketones (excluding diaryl/α,β-unsaturated/α-hetero) is 1. The molecule has 0 bridgehead atoms. The molecule has 2 fully saturated rings. The van der Waals surface area contributed by atoms with Gasteiger partial charge in [0.25, 0.3) is 11.7 Å². The van der Waals surface area contributed by atoms with Gasteiger partial charge in [0, 0.05) is 11.6 Å². The third-order valence-corrected chi connectivity index (χ3v) is 7.06. The Morgan fingerprint density at radius 2 is 1.79 bits per heavy atom. The van der Waals surface area contributed by atoms with Crippen LogP contribution in [-0.4, -0.2) is 41.5 Å². The van der Waals surface area contributed by atoms with Crippen LogP contribution in [0.1, 0.15) is 61.3 Å². The average Bonchev–Trinajstić information content (AvgIpc) is 3.14. The molecule has 0 aromatic heterocycles. The van der Waals surface area contributed by atoms with Crippen molar-refractivity contribution in [2.75, 3.05) is 13.7 Å². The monoisotopic (exact) mass is 447 g/mol. The van der Waals surface area contributed by atoms with Crippen molar-refractivity contribution in [3.63, 3.8) is 0 Å². The van der Waals surface area contributed by atoms with E-state index in [1.165, 1.54) is 0 Å². The van der Waals surface area contributed by atoms with Crippen molar-refractivity contribution < 1.29 is 24.2 Å². The van der Waals surface area contributed by atoms with Crippen LogP contribution in [0.5, 0.6) is 11.5 Å². The highest BCUT2D eigenvalue weighted by molar-refractivity contribution is 6.46. The van der Waals surface area contributed by atoms with Gasteiger partial charge < -0.3 is 19.5 Å². The third kappa shape index (κ3) is 3.88. The van der Waals surface area contributed by atoms with Crippen LogP contribution in [0.15, 0.2) is 48.0 Å². The molecule has 2 heterocycles. The Morgan fingerprint density at radius 1 is 1.03 bits per heavy atom. The number of aliphatic hydroxyl groups excluding tert-OH is 1. The van der Waals surface area contributed by atoms with Gasteiger partial charge >= 0.3 is 0 Å². The van der Waals surface area contributed by atoms with Crippen molar-refractivity contribution in [1.82, 2.24) is 4.90 Å². The Balaban J connectivity index is 1.62. The SMILES string of the molecule is COc1ccc(C2/C(=C(/O)c3ccc4c(c3)CCCO4)C(=O)C(=O)N2C2CCCCC2)cc1. The van der Waals surface area contributed by atoms with Gasteiger partial charge in [0.05, 0.1) is 25.3 Å². The fourth-order valence-electron chi connectivity index (χ4n) is 5.36. The maximum atomic E-state index is 13.3. The number of likely N-dealkylation sites (tertiary alicyclic amines) is 1. The topological polar surface area (TPSA) is 76.1 Å². The van der Waals surface area contributed by atoms with E-state index in [2.05, 4.69) is 0 Å². The summed E-state index contributed by atoms with van der Waals surface area (Å²) in [7, 11) is 1.60. The van der Waals surface area contributed by atoms with E-state index in [0.717, 1.165) is 61.8 Å². The Kier molecular flexibility index (Phi) is 5.83. The molecule has 6 nitrogen and oxygen atoms in total. The van der Waals surface area contributed by atoms with Crippen LogP contribution >= 0.6 is 0 Å². The first-order valence-corrected chi connectivity index (χ1v) is 11.8. The molecule has 1 saturated carbocycles. The zero-order chi connectivity index (χ0) is 22.9. The largest absolute Gasteiger partial charge is 0.507 e. The number of amides is 1. The lowest BCUT2D eigenvalue weighted by Gasteiger charge is -2.35. The van der Waals surface area contributed by atoms with E-state index in [4.69, 9.17) is 9.47 Å². The molecule has 172 valence electrons. The number of benzene rings is 2. The molecule has 1 N–H and O–H groups in total. The van der Waals surface area contributed by atoms with Crippen LogP contribution in [0.25, 0.3) is 5.76 Å². The van der Waals surface area contributed by atoms with Crippen LogP contribution in [0.4, 0.5) is 0 Å². The molecule has 1 saturated heterocycles. The number of ether oxygens (including phenoxy) is 2. The van der Waals surface area contributed by atoms with Gasteiger partial charge in [-0.2, -0.15) is 0 Å². The molecule has 33 heavy (non-hydrogen) atoms. The predicted octanol–water partition coefficient (Wildman–Crippen LogP) is 4.77. The molecule has 2 aliphatic heterocycles. The fourth-order valence-corrected chi connectivity index (χ4v) is 5.36. The quantitative estimate of drug-likeness (QED) is 0.415. The summed E-state index contributed by atoms with van der Waals surface area (Å²) in [6, 6.07) is 12.2. The first-order chi connectivity index (χ1) is 16.1. The molecule has 5 rings (SSSR count). The molecule has 6 heteroatoms. The molecule has 2 aromatic carbocycles. The average molecular weight is 448 g/mol. The number of ketones is 1. The van der Waals surface area contributed by atoms with E-state index in [1.54, 1.807) is 18.1 Å². The summed E-state index contributed by atoms with van der Waals surface area (Å²) in [5.74, 6) is 0.245. The number of hydrogen-bond donors (Lipinski definition) is 1. The fraction of sp³-hybridized carbons (Fsp3) is 0.407. The van der Waals surface area contributed by atoms with Gasteiger partial charge in [-0.3, -0.25) is 9.59 Å². The lowest BCUT2D eigenvalue weighted by atomic mass is 9.90. The third-order valence-electron chi connectivity index (χ3n) is 7.06. The number of methoxy groups -OCH3 is 1. The molecule has 0 spiro atoms.